The van der Waals surface area contributed by atoms with Crippen LogP contribution in [0.2, 0.25) is 0 Å². The monoisotopic (exact) mass is 396 g/mol. The van der Waals surface area contributed by atoms with Crippen molar-refractivity contribution in [2.75, 3.05) is 11.6 Å². The zero-order valence-electron chi connectivity index (χ0n) is 15.3. The number of nitrogens with one attached hydrogen (secondary N) is 2. The van der Waals surface area contributed by atoms with Crippen molar-refractivity contribution in [1.29, 1.82) is 0 Å². The number of H-pyrrole nitrogens is 1. The first-order valence-corrected chi connectivity index (χ1v) is 10.8. The second-order valence-corrected chi connectivity index (χ2v) is 8.61. The van der Waals surface area contributed by atoms with Crippen LogP contribution in [-0.2, 0) is 29.2 Å². The molecule has 0 radical (unpaired) electrons. The minimum atomic E-state index is -3.18. The lowest BCUT2D eigenvalue weighted by Crippen LogP contribution is -2.02. The molecular weight excluding hydrogens is 376 g/mol. The van der Waals surface area contributed by atoms with Gasteiger partial charge in [-0.15, -0.1) is 0 Å². The third-order valence-corrected chi connectivity index (χ3v) is 5.59. The van der Waals surface area contributed by atoms with Crippen molar-refractivity contribution >= 4 is 26.7 Å². The van der Waals surface area contributed by atoms with E-state index in [-0.39, 0.29) is 0 Å². The molecule has 144 valence electrons. The Morgan fingerprint density at radius 2 is 1.93 bits per heavy atom. The van der Waals surface area contributed by atoms with Gasteiger partial charge in [0.05, 0.1) is 16.8 Å². The van der Waals surface area contributed by atoms with Gasteiger partial charge in [-0.05, 0) is 35.9 Å². The third-order valence-electron chi connectivity index (χ3n) is 4.46. The molecule has 0 amide bonds. The summed E-state index contributed by atoms with van der Waals surface area (Å²) in [7, 11) is -3.18. The molecule has 0 saturated heterocycles. The molecule has 0 atom stereocenters. The van der Waals surface area contributed by atoms with Crippen LogP contribution in [0.1, 0.15) is 17.1 Å². The zero-order valence-corrected chi connectivity index (χ0v) is 16.2. The Morgan fingerprint density at radius 3 is 2.64 bits per heavy atom. The van der Waals surface area contributed by atoms with Crippen molar-refractivity contribution in [2.24, 2.45) is 0 Å². The fourth-order valence-electron chi connectivity index (χ4n) is 2.97. The van der Waals surface area contributed by atoms with Crippen LogP contribution in [0.25, 0.3) is 11.2 Å². The number of rotatable bonds is 7. The number of imidazole rings is 1. The fraction of sp³-hybridized carbons (Fsp3) is 0.200. The van der Waals surface area contributed by atoms with Crippen molar-refractivity contribution in [3.8, 4) is 0 Å². The van der Waals surface area contributed by atoms with Gasteiger partial charge in [-0.25, -0.2) is 18.4 Å². The molecule has 28 heavy (non-hydrogen) atoms. The van der Waals surface area contributed by atoms with Crippen LogP contribution in [0.5, 0.6) is 0 Å². The van der Waals surface area contributed by atoms with E-state index in [4.69, 9.17) is 4.42 Å². The molecule has 8 heteroatoms. The van der Waals surface area contributed by atoms with E-state index in [1.54, 1.807) is 24.6 Å². The number of sulfone groups is 1. The highest BCUT2D eigenvalue weighted by atomic mass is 32.2. The van der Waals surface area contributed by atoms with E-state index in [1.165, 1.54) is 6.26 Å². The Kier molecular flexibility index (Phi) is 4.87. The van der Waals surface area contributed by atoms with Crippen LogP contribution < -0.4 is 5.32 Å². The molecule has 4 rings (SSSR count). The van der Waals surface area contributed by atoms with Crippen LogP contribution in [0.15, 0.2) is 64.2 Å². The molecule has 7 nitrogen and oxygen atoms in total. The molecule has 0 aliphatic rings. The van der Waals surface area contributed by atoms with E-state index < -0.39 is 9.84 Å². The summed E-state index contributed by atoms with van der Waals surface area (Å²) >= 11 is 0. The third kappa shape index (κ3) is 4.07. The molecule has 0 aliphatic heterocycles. The molecule has 1 aromatic carbocycles. The summed E-state index contributed by atoms with van der Waals surface area (Å²) < 4.78 is 28.5. The number of aromatic nitrogens is 3. The highest BCUT2D eigenvalue weighted by Crippen LogP contribution is 2.21. The van der Waals surface area contributed by atoms with Crippen LogP contribution in [0, 0.1) is 0 Å². The molecule has 3 aromatic heterocycles. The minimum Gasteiger partial charge on any atom is -0.469 e. The molecule has 3 heterocycles. The van der Waals surface area contributed by atoms with Crippen LogP contribution in [-0.4, -0.2) is 29.6 Å². The topological polar surface area (TPSA) is 101 Å². The van der Waals surface area contributed by atoms with Gasteiger partial charge in [0.15, 0.2) is 15.5 Å². The number of benzene rings is 1. The zero-order chi connectivity index (χ0) is 19.6. The predicted octanol–water partition coefficient (Wildman–Crippen LogP) is 3.35. The Morgan fingerprint density at radius 1 is 1.11 bits per heavy atom. The summed E-state index contributed by atoms with van der Waals surface area (Å²) in [5, 5.41) is 3.37. The quantitative estimate of drug-likeness (QED) is 0.497. The summed E-state index contributed by atoms with van der Waals surface area (Å²) in [4.78, 5) is 12.5. The summed E-state index contributed by atoms with van der Waals surface area (Å²) in [5.41, 5.74) is 3.39. The second kappa shape index (κ2) is 7.47. The van der Waals surface area contributed by atoms with Crippen LogP contribution in [0.4, 0.5) is 5.69 Å². The van der Waals surface area contributed by atoms with Crippen molar-refractivity contribution < 1.29 is 12.8 Å². The lowest BCUT2D eigenvalue weighted by molar-refractivity contribution is 0.507. The number of anilines is 1. The van der Waals surface area contributed by atoms with E-state index in [0.29, 0.717) is 17.1 Å². The Balaban J connectivity index is 1.47. The number of pyridine rings is 1. The second-order valence-electron chi connectivity index (χ2n) is 6.59. The first kappa shape index (κ1) is 18.2. The van der Waals surface area contributed by atoms with Gasteiger partial charge in [0.25, 0.3) is 0 Å². The van der Waals surface area contributed by atoms with Gasteiger partial charge in [0, 0.05) is 31.8 Å². The van der Waals surface area contributed by atoms with Crippen molar-refractivity contribution in [2.45, 2.75) is 24.3 Å². The van der Waals surface area contributed by atoms with Crippen molar-refractivity contribution in [1.82, 2.24) is 15.0 Å². The van der Waals surface area contributed by atoms with Crippen molar-refractivity contribution in [3.63, 3.8) is 0 Å². The maximum atomic E-state index is 11.6. The van der Waals surface area contributed by atoms with Gasteiger partial charge in [0.2, 0.25) is 0 Å². The normalized spacial score (nSPS) is 11.8. The number of hydrogen-bond donors (Lipinski definition) is 2. The Bertz CT molecular complexity index is 1180. The van der Waals surface area contributed by atoms with Gasteiger partial charge in [-0.3, -0.25) is 0 Å². The standard InChI is InChI=1S/C20H20N4O3S/c1-28(25,26)16-7-4-14(5-8-16)13-22-17-10-11-21-20-19(17)23-18(24-20)9-6-15-3-2-12-27-15/h2-5,7-8,10-12H,6,9,13H2,1H3,(H2,21,22,23,24). The molecule has 0 unspecified atom stereocenters. The minimum absolute atomic E-state index is 0.317. The Labute approximate surface area is 162 Å². The summed E-state index contributed by atoms with van der Waals surface area (Å²) in [6.45, 7) is 0.559. The predicted molar refractivity (Wildman–Crippen MR) is 107 cm³/mol. The van der Waals surface area contributed by atoms with E-state index >= 15 is 0 Å². The van der Waals surface area contributed by atoms with Gasteiger partial charge < -0.3 is 14.7 Å². The molecule has 2 N–H and O–H groups in total. The highest BCUT2D eigenvalue weighted by molar-refractivity contribution is 7.90. The molecule has 0 fully saturated rings. The molecule has 0 bridgehead atoms. The number of nitrogens with zero attached hydrogens (tertiary/aromatic N) is 2. The number of fused-ring (bicyclic) bond motifs is 1. The lowest BCUT2D eigenvalue weighted by atomic mass is 10.2. The maximum Gasteiger partial charge on any atom is 0.179 e. The van der Waals surface area contributed by atoms with Gasteiger partial charge in [-0.1, -0.05) is 12.1 Å². The fourth-order valence-corrected chi connectivity index (χ4v) is 3.60. The van der Waals surface area contributed by atoms with E-state index in [1.807, 2.05) is 30.3 Å². The molecule has 0 aliphatic carbocycles. The van der Waals surface area contributed by atoms with E-state index in [2.05, 4.69) is 20.3 Å². The van der Waals surface area contributed by atoms with E-state index in [0.717, 1.165) is 41.2 Å². The molecule has 0 saturated carbocycles. The summed E-state index contributed by atoms with van der Waals surface area (Å²) in [6, 6.07) is 12.6. The number of hydrogen-bond acceptors (Lipinski definition) is 6. The maximum absolute atomic E-state index is 11.6. The van der Waals surface area contributed by atoms with Crippen LogP contribution >= 0.6 is 0 Å². The van der Waals surface area contributed by atoms with Gasteiger partial charge >= 0.3 is 0 Å². The first-order valence-electron chi connectivity index (χ1n) is 8.88. The summed E-state index contributed by atoms with van der Waals surface area (Å²) in [5.74, 6) is 1.77. The average Bonchev–Trinajstić information content (AvgIpc) is 3.33. The summed E-state index contributed by atoms with van der Waals surface area (Å²) in [6.07, 6.45) is 6.09. The number of aromatic amines is 1. The number of furan rings is 1. The van der Waals surface area contributed by atoms with Gasteiger partial charge in [-0.2, -0.15) is 0 Å². The average molecular weight is 396 g/mol. The molecular formula is C20H20N4O3S. The number of aryl methyl sites for hydroxylation is 2. The van der Waals surface area contributed by atoms with E-state index in [9.17, 15) is 8.42 Å². The smallest absolute Gasteiger partial charge is 0.179 e. The first-order chi connectivity index (χ1) is 13.5. The Hall–Kier alpha value is -3.13. The highest BCUT2D eigenvalue weighted by Gasteiger charge is 2.10. The van der Waals surface area contributed by atoms with Crippen LogP contribution in [0.3, 0.4) is 0 Å². The van der Waals surface area contributed by atoms with Crippen molar-refractivity contribution in [3.05, 3.63) is 72.1 Å². The molecule has 4 aromatic rings. The SMILES string of the molecule is CS(=O)(=O)c1ccc(CNc2ccnc3nc(CCc4ccco4)[nH]c23)cc1. The lowest BCUT2D eigenvalue weighted by Gasteiger charge is -2.08. The molecule has 0 spiro atoms. The van der Waals surface area contributed by atoms with Gasteiger partial charge in [0.1, 0.15) is 17.1 Å². The largest absolute Gasteiger partial charge is 0.469 e.